The fraction of sp³-hybridized carbons (Fsp3) is 0.471. The van der Waals surface area contributed by atoms with Crippen LogP contribution in [0.5, 0.6) is 0 Å². The highest BCUT2D eigenvalue weighted by molar-refractivity contribution is 9.10. The van der Waals surface area contributed by atoms with E-state index in [1.54, 1.807) is 0 Å². The van der Waals surface area contributed by atoms with E-state index in [0.717, 1.165) is 17.4 Å². The minimum absolute atomic E-state index is 0.526. The molecule has 114 valence electrons. The molecule has 2 aromatic heterocycles. The molecule has 0 aliphatic rings. The number of aryl methyl sites for hydroxylation is 1. The number of nitrogens with zero attached hydrogens (tertiary/aromatic N) is 1. The first kappa shape index (κ1) is 16.7. The van der Waals surface area contributed by atoms with Crippen LogP contribution < -0.4 is 5.32 Å². The van der Waals surface area contributed by atoms with E-state index in [9.17, 15) is 0 Å². The minimum Gasteiger partial charge on any atom is -0.314 e. The van der Waals surface area contributed by atoms with Crippen molar-refractivity contribution in [2.75, 3.05) is 6.54 Å². The molecule has 2 aromatic rings. The van der Waals surface area contributed by atoms with Crippen LogP contribution in [0.1, 0.15) is 36.8 Å². The van der Waals surface area contributed by atoms with Crippen molar-refractivity contribution in [2.45, 2.75) is 45.1 Å². The SMILES string of the molecule is CCCNC(CCCc1cccs1)Cc1ccc(Br)cn1. The topological polar surface area (TPSA) is 24.9 Å². The van der Waals surface area contributed by atoms with Gasteiger partial charge in [-0.3, -0.25) is 4.98 Å². The molecule has 0 fully saturated rings. The molecule has 0 spiro atoms. The van der Waals surface area contributed by atoms with Crippen LogP contribution in [0.15, 0.2) is 40.3 Å². The molecule has 0 aliphatic carbocycles. The van der Waals surface area contributed by atoms with Gasteiger partial charge >= 0.3 is 0 Å². The largest absolute Gasteiger partial charge is 0.314 e. The van der Waals surface area contributed by atoms with Gasteiger partial charge in [-0.15, -0.1) is 11.3 Å². The first-order valence-corrected chi connectivity index (χ1v) is 9.31. The van der Waals surface area contributed by atoms with Crippen molar-refractivity contribution in [1.29, 1.82) is 0 Å². The molecule has 0 aromatic carbocycles. The van der Waals surface area contributed by atoms with Gasteiger partial charge in [0.25, 0.3) is 0 Å². The molecule has 1 unspecified atom stereocenters. The highest BCUT2D eigenvalue weighted by atomic mass is 79.9. The zero-order chi connectivity index (χ0) is 14.9. The third-order valence-electron chi connectivity index (χ3n) is 3.48. The third kappa shape index (κ3) is 6.29. The van der Waals surface area contributed by atoms with E-state index in [-0.39, 0.29) is 0 Å². The molecular weight excluding hydrogens is 344 g/mol. The molecule has 0 saturated carbocycles. The first-order valence-electron chi connectivity index (χ1n) is 7.64. The van der Waals surface area contributed by atoms with Crippen molar-refractivity contribution >= 4 is 27.3 Å². The lowest BCUT2D eigenvalue weighted by atomic mass is 10.0. The van der Waals surface area contributed by atoms with E-state index in [0.29, 0.717) is 6.04 Å². The molecule has 0 saturated heterocycles. The van der Waals surface area contributed by atoms with Crippen LogP contribution >= 0.6 is 27.3 Å². The Morgan fingerprint density at radius 3 is 2.90 bits per heavy atom. The van der Waals surface area contributed by atoms with Crippen LogP contribution in [0.4, 0.5) is 0 Å². The van der Waals surface area contributed by atoms with Crippen molar-refractivity contribution in [1.82, 2.24) is 10.3 Å². The maximum atomic E-state index is 4.50. The van der Waals surface area contributed by atoms with Crippen molar-refractivity contribution in [3.05, 3.63) is 50.9 Å². The number of pyridine rings is 1. The summed E-state index contributed by atoms with van der Waals surface area (Å²) in [6, 6.07) is 9.08. The summed E-state index contributed by atoms with van der Waals surface area (Å²) >= 11 is 5.30. The summed E-state index contributed by atoms with van der Waals surface area (Å²) < 4.78 is 1.04. The van der Waals surface area contributed by atoms with Gasteiger partial charge in [-0.1, -0.05) is 13.0 Å². The molecule has 2 heterocycles. The van der Waals surface area contributed by atoms with Crippen molar-refractivity contribution in [3.8, 4) is 0 Å². The minimum atomic E-state index is 0.526. The molecule has 0 bridgehead atoms. The summed E-state index contributed by atoms with van der Waals surface area (Å²) in [5.74, 6) is 0. The van der Waals surface area contributed by atoms with Crippen molar-refractivity contribution < 1.29 is 0 Å². The predicted molar refractivity (Wildman–Crippen MR) is 95.0 cm³/mol. The number of rotatable bonds is 9. The zero-order valence-corrected chi connectivity index (χ0v) is 14.9. The van der Waals surface area contributed by atoms with Crippen LogP contribution in [0, 0.1) is 0 Å². The molecule has 21 heavy (non-hydrogen) atoms. The third-order valence-corrected chi connectivity index (χ3v) is 4.89. The Morgan fingerprint density at radius 1 is 1.33 bits per heavy atom. The molecular formula is C17H23BrN2S. The Kier molecular flexibility index (Phi) is 7.41. The summed E-state index contributed by atoms with van der Waals surface area (Å²) in [5.41, 5.74) is 1.17. The van der Waals surface area contributed by atoms with E-state index in [4.69, 9.17) is 0 Å². The fourth-order valence-corrected chi connectivity index (χ4v) is 3.37. The molecule has 0 aliphatic heterocycles. The summed E-state index contributed by atoms with van der Waals surface area (Å²) in [6.45, 7) is 3.30. The van der Waals surface area contributed by atoms with Gasteiger partial charge in [-0.25, -0.2) is 0 Å². The molecule has 2 rings (SSSR count). The van der Waals surface area contributed by atoms with Crippen LogP contribution in [0.3, 0.4) is 0 Å². The lowest BCUT2D eigenvalue weighted by molar-refractivity contribution is 0.461. The summed E-state index contributed by atoms with van der Waals surface area (Å²) in [6.07, 6.45) is 7.70. The molecule has 0 amide bonds. The standard InChI is InChI=1S/C17H23BrN2S/c1-2-10-19-15(5-3-6-17-7-4-11-21-17)12-16-9-8-14(18)13-20-16/h4,7-9,11,13,15,19H,2-3,5-6,10,12H2,1H3. The van der Waals surface area contributed by atoms with Gasteiger partial charge in [0, 0.05) is 33.7 Å². The second-order valence-corrected chi connectivity index (χ2v) is 7.24. The van der Waals surface area contributed by atoms with Gasteiger partial charge in [-0.2, -0.15) is 0 Å². The Hall–Kier alpha value is -0.710. The molecule has 1 atom stereocenters. The van der Waals surface area contributed by atoms with Crippen molar-refractivity contribution in [3.63, 3.8) is 0 Å². The Labute approximate surface area is 140 Å². The van der Waals surface area contributed by atoms with Gasteiger partial charge in [0.2, 0.25) is 0 Å². The van der Waals surface area contributed by atoms with E-state index in [1.807, 2.05) is 17.5 Å². The zero-order valence-electron chi connectivity index (χ0n) is 12.5. The molecule has 0 radical (unpaired) electrons. The quantitative estimate of drug-likeness (QED) is 0.686. The maximum Gasteiger partial charge on any atom is 0.0419 e. The number of hydrogen-bond donors (Lipinski definition) is 1. The van der Waals surface area contributed by atoms with Gasteiger partial charge in [0.15, 0.2) is 0 Å². The van der Waals surface area contributed by atoms with Gasteiger partial charge in [0.1, 0.15) is 0 Å². The number of aromatic nitrogens is 1. The number of nitrogens with one attached hydrogen (secondary N) is 1. The fourth-order valence-electron chi connectivity index (χ4n) is 2.38. The second kappa shape index (κ2) is 9.34. The second-order valence-electron chi connectivity index (χ2n) is 5.29. The van der Waals surface area contributed by atoms with Crippen LogP contribution in [0.2, 0.25) is 0 Å². The van der Waals surface area contributed by atoms with Crippen LogP contribution in [-0.2, 0) is 12.8 Å². The predicted octanol–water partition coefficient (Wildman–Crippen LogP) is 4.84. The van der Waals surface area contributed by atoms with E-state index in [1.165, 1.54) is 36.3 Å². The lowest BCUT2D eigenvalue weighted by Crippen LogP contribution is -2.32. The highest BCUT2D eigenvalue weighted by Crippen LogP contribution is 2.15. The number of halogens is 1. The average Bonchev–Trinajstić information content (AvgIpc) is 3.00. The lowest BCUT2D eigenvalue weighted by Gasteiger charge is -2.18. The maximum absolute atomic E-state index is 4.50. The Balaban J connectivity index is 1.83. The number of thiophene rings is 1. The normalized spacial score (nSPS) is 12.5. The Bertz CT molecular complexity index is 496. The number of hydrogen-bond acceptors (Lipinski definition) is 3. The average molecular weight is 367 g/mol. The van der Waals surface area contributed by atoms with E-state index < -0.39 is 0 Å². The monoisotopic (exact) mass is 366 g/mol. The van der Waals surface area contributed by atoms with E-state index >= 15 is 0 Å². The summed E-state index contributed by atoms with van der Waals surface area (Å²) in [4.78, 5) is 5.99. The smallest absolute Gasteiger partial charge is 0.0419 e. The summed E-state index contributed by atoms with van der Waals surface area (Å²) in [5, 5.41) is 5.82. The Morgan fingerprint density at radius 2 is 2.24 bits per heavy atom. The van der Waals surface area contributed by atoms with Crippen LogP contribution in [-0.4, -0.2) is 17.6 Å². The van der Waals surface area contributed by atoms with Gasteiger partial charge in [-0.05, 0) is 71.7 Å². The summed E-state index contributed by atoms with van der Waals surface area (Å²) in [7, 11) is 0. The van der Waals surface area contributed by atoms with E-state index in [2.05, 4.69) is 62.8 Å². The van der Waals surface area contributed by atoms with Crippen LogP contribution in [0.25, 0.3) is 0 Å². The molecule has 1 N–H and O–H groups in total. The molecule has 4 heteroatoms. The van der Waals surface area contributed by atoms with Crippen molar-refractivity contribution in [2.24, 2.45) is 0 Å². The van der Waals surface area contributed by atoms with Gasteiger partial charge < -0.3 is 5.32 Å². The van der Waals surface area contributed by atoms with Gasteiger partial charge in [0.05, 0.1) is 0 Å². The first-order chi connectivity index (χ1) is 10.3. The highest BCUT2D eigenvalue weighted by Gasteiger charge is 2.10. The molecule has 2 nitrogen and oxygen atoms in total.